The van der Waals surface area contributed by atoms with E-state index in [2.05, 4.69) is 10.6 Å². The molecule has 0 saturated carbocycles. The molecule has 1 aliphatic rings. The molecule has 1 heterocycles. The maximum Gasteiger partial charge on any atom is 0.335 e. The van der Waals surface area contributed by atoms with Crippen molar-refractivity contribution in [2.45, 2.75) is 32.4 Å². The minimum absolute atomic E-state index is 0.217. The Kier molecular flexibility index (Phi) is 4.35. The quantitative estimate of drug-likeness (QED) is 0.796. The van der Waals surface area contributed by atoms with E-state index in [-0.39, 0.29) is 17.2 Å². The number of hydrogen-bond donors (Lipinski definition) is 3. The number of nitrogens with one attached hydrogen (secondary N) is 2. The van der Waals surface area contributed by atoms with E-state index in [9.17, 15) is 9.59 Å². The molecule has 0 atom stereocenters. The van der Waals surface area contributed by atoms with Crippen LogP contribution < -0.4 is 15.4 Å². The van der Waals surface area contributed by atoms with Crippen molar-refractivity contribution in [3.05, 3.63) is 59.2 Å². The number of ether oxygens (including phenoxy) is 1. The summed E-state index contributed by atoms with van der Waals surface area (Å²) in [4.78, 5) is 22.9. The molecule has 3 rings (SSSR count). The fraction of sp³-hybridized carbons (Fsp3) is 0.263. The third-order valence-corrected chi connectivity index (χ3v) is 3.97. The van der Waals surface area contributed by atoms with Gasteiger partial charge in [0.15, 0.2) is 0 Å². The molecule has 2 aromatic rings. The Morgan fingerprint density at radius 2 is 1.88 bits per heavy atom. The monoisotopic (exact) mass is 340 g/mol. The average Bonchev–Trinajstić information content (AvgIpc) is 2.86. The first-order valence-corrected chi connectivity index (χ1v) is 8.01. The van der Waals surface area contributed by atoms with Gasteiger partial charge in [0.05, 0.1) is 5.56 Å². The van der Waals surface area contributed by atoms with E-state index in [1.165, 1.54) is 12.1 Å². The number of aromatic carboxylic acids is 1. The van der Waals surface area contributed by atoms with Crippen molar-refractivity contribution in [2.75, 3.05) is 5.32 Å². The standard InChI is InChI=1S/C19H20N2O4/c1-19(2)10-14-9-15(7-8-16(14)25-19)21-18(24)20-11-12-3-5-13(6-4-12)17(22)23/h3-9H,10-11H2,1-2H3,(H,22,23)(H2,20,21,24). The van der Waals surface area contributed by atoms with Crippen LogP contribution in [0.5, 0.6) is 5.75 Å². The molecule has 130 valence electrons. The molecular weight excluding hydrogens is 320 g/mol. The highest BCUT2D eigenvalue weighted by molar-refractivity contribution is 5.89. The van der Waals surface area contributed by atoms with Gasteiger partial charge in [-0.05, 0) is 49.7 Å². The van der Waals surface area contributed by atoms with Gasteiger partial charge in [0.25, 0.3) is 0 Å². The Morgan fingerprint density at radius 1 is 1.16 bits per heavy atom. The van der Waals surface area contributed by atoms with Crippen LogP contribution in [0.15, 0.2) is 42.5 Å². The number of urea groups is 1. The molecule has 0 fully saturated rings. The van der Waals surface area contributed by atoms with E-state index in [4.69, 9.17) is 9.84 Å². The topological polar surface area (TPSA) is 87.7 Å². The molecular formula is C19H20N2O4. The molecule has 0 aromatic heterocycles. The number of rotatable bonds is 4. The van der Waals surface area contributed by atoms with Crippen LogP contribution >= 0.6 is 0 Å². The third kappa shape index (κ3) is 4.09. The molecule has 2 amide bonds. The molecule has 1 aliphatic heterocycles. The van der Waals surface area contributed by atoms with Crippen LogP contribution in [-0.4, -0.2) is 22.7 Å². The second kappa shape index (κ2) is 6.47. The highest BCUT2D eigenvalue weighted by atomic mass is 16.5. The Balaban J connectivity index is 1.56. The number of carbonyl (C=O) groups excluding carboxylic acids is 1. The van der Waals surface area contributed by atoms with Crippen LogP contribution in [-0.2, 0) is 13.0 Å². The first kappa shape index (κ1) is 16.8. The number of fused-ring (bicyclic) bond motifs is 1. The number of anilines is 1. The van der Waals surface area contributed by atoms with Crippen LogP contribution in [0, 0.1) is 0 Å². The van der Waals surface area contributed by atoms with Gasteiger partial charge < -0.3 is 20.5 Å². The van der Waals surface area contributed by atoms with E-state index in [1.807, 2.05) is 32.0 Å². The summed E-state index contributed by atoms with van der Waals surface area (Å²) in [5.41, 5.74) is 2.61. The molecule has 0 unspecified atom stereocenters. The van der Waals surface area contributed by atoms with Crippen molar-refractivity contribution >= 4 is 17.7 Å². The zero-order chi connectivity index (χ0) is 18.0. The lowest BCUT2D eigenvalue weighted by Gasteiger charge is -2.16. The smallest absolute Gasteiger partial charge is 0.335 e. The Labute approximate surface area is 145 Å². The number of amides is 2. The largest absolute Gasteiger partial charge is 0.487 e. The molecule has 3 N–H and O–H groups in total. The lowest BCUT2D eigenvalue weighted by Crippen LogP contribution is -2.28. The first-order valence-electron chi connectivity index (χ1n) is 8.01. The lowest BCUT2D eigenvalue weighted by atomic mass is 10.0. The lowest BCUT2D eigenvalue weighted by molar-refractivity contribution is 0.0696. The summed E-state index contributed by atoms with van der Waals surface area (Å²) in [6.07, 6.45) is 0.801. The van der Waals surface area contributed by atoms with E-state index in [0.29, 0.717) is 12.2 Å². The summed E-state index contributed by atoms with van der Waals surface area (Å²) >= 11 is 0. The highest BCUT2D eigenvalue weighted by Gasteiger charge is 2.29. The molecule has 0 radical (unpaired) electrons. The van der Waals surface area contributed by atoms with Crippen molar-refractivity contribution in [3.8, 4) is 5.75 Å². The Bertz CT molecular complexity index is 813. The fourth-order valence-corrected chi connectivity index (χ4v) is 2.81. The zero-order valence-electron chi connectivity index (χ0n) is 14.1. The number of benzene rings is 2. The maximum atomic E-state index is 12.0. The number of carboxylic acid groups (broad SMARTS) is 1. The summed E-state index contributed by atoms with van der Waals surface area (Å²) in [7, 11) is 0. The normalized spacial score (nSPS) is 14.3. The van der Waals surface area contributed by atoms with E-state index < -0.39 is 5.97 Å². The van der Waals surface area contributed by atoms with E-state index in [1.54, 1.807) is 12.1 Å². The van der Waals surface area contributed by atoms with Crippen molar-refractivity contribution in [2.24, 2.45) is 0 Å². The Hall–Kier alpha value is -3.02. The predicted molar refractivity (Wildman–Crippen MR) is 94.1 cm³/mol. The number of carbonyl (C=O) groups is 2. The average molecular weight is 340 g/mol. The second-order valence-electron chi connectivity index (χ2n) is 6.67. The van der Waals surface area contributed by atoms with Gasteiger partial charge in [0.1, 0.15) is 11.4 Å². The third-order valence-electron chi connectivity index (χ3n) is 3.97. The minimum atomic E-state index is -0.971. The summed E-state index contributed by atoms with van der Waals surface area (Å²) < 4.78 is 5.82. The molecule has 0 saturated heterocycles. The Morgan fingerprint density at radius 3 is 2.56 bits per heavy atom. The molecule has 0 spiro atoms. The predicted octanol–water partition coefficient (Wildman–Crippen LogP) is 3.42. The van der Waals surface area contributed by atoms with Crippen molar-refractivity contribution in [3.63, 3.8) is 0 Å². The van der Waals surface area contributed by atoms with Gasteiger partial charge in [-0.2, -0.15) is 0 Å². The van der Waals surface area contributed by atoms with Crippen LogP contribution in [0.3, 0.4) is 0 Å². The SMILES string of the molecule is CC1(C)Cc2cc(NC(=O)NCc3ccc(C(=O)O)cc3)ccc2O1. The fourth-order valence-electron chi connectivity index (χ4n) is 2.81. The number of carboxylic acids is 1. The van der Waals surface area contributed by atoms with Crippen LogP contribution in [0.2, 0.25) is 0 Å². The van der Waals surface area contributed by atoms with Gasteiger partial charge in [-0.25, -0.2) is 9.59 Å². The van der Waals surface area contributed by atoms with Crippen molar-refractivity contribution in [1.29, 1.82) is 0 Å². The van der Waals surface area contributed by atoms with Gasteiger partial charge in [-0.3, -0.25) is 0 Å². The summed E-state index contributed by atoms with van der Waals surface area (Å²) in [6, 6.07) is 11.7. The number of hydrogen-bond acceptors (Lipinski definition) is 3. The van der Waals surface area contributed by atoms with E-state index in [0.717, 1.165) is 23.3 Å². The summed E-state index contributed by atoms with van der Waals surface area (Å²) in [5.74, 6) is -0.115. The van der Waals surface area contributed by atoms with Gasteiger partial charge in [0, 0.05) is 24.2 Å². The van der Waals surface area contributed by atoms with Crippen LogP contribution in [0.1, 0.15) is 35.3 Å². The van der Waals surface area contributed by atoms with Crippen molar-refractivity contribution < 1.29 is 19.4 Å². The van der Waals surface area contributed by atoms with Gasteiger partial charge in [-0.15, -0.1) is 0 Å². The molecule has 6 nitrogen and oxygen atoms in total. The summed E-state index contributed by atoms with van der Waals surface area (Å²) in [6.45, 7) is 4.37. The minimum Gasteiger partial charge on any atom is -0.487 e. The molecule has 6 heteroatoms. The molecule has 0 bridgehead atoms. The van der Waals surface area contributed by atoms with Gasteiger partial charge >= 0.3 is 12.0 Å². The molecule has 25 heavy (non-hydrogen) atoms. The second-order valence-corrected chi connectivity index (χ2v) is 6.67. The van der Waals surface area contributed by atoms with Crippen LogP contribution in [0.25, 0.3) is 0 Å². The van der Waals surface area contributed by atoms with Gasteiger partial charge in [-0.1, -0.05) is 12.1 Å². The first-order chi connectivity index (χ1) is 11.8. The maximum absolute atomic E-state index is 12.0. The zero-order valence-corrected chi connectivity index (χ0v) is 14.1. The van der Waals surface area contributed by atoms with Crippen LogP contribution in [0.4, 0.5) is 10.5 Å². The summed E-state index contributed by atoms with van der Waals surface area (Å²) in [5, 5.41) is 14.4. The molecule has 0 aliphatic carbocycles. The van der Waals surface area contributed by atoms with E-state index >= 15 is 0 Å². The highest BCUT2D eigenvalue weighted by Crippen LogP contribution is 2.36. The molecule has 2 aromatic carbocycles. The van der Waals surface area contributed by atoms with Gasteiger partial charge in [0.2, 0.25) is 0 Å². The van der Waals surface area contributed by atoms with Crippen molar-refractivity contribution in [1.82, 2.24) is 5.32 Å².